The molecule has 0 bridgehead atoms. The van der Waals surface area contributed by atoms with Crippen molar-refractivity contribution in [2.75, 3.05) is 11.9 Å². The molecule has 2 rings (SSSR count). The summed E-state index contributed by atoms with van der Waals surface area (Å²) >= 11 is 1.42. The summed E-state index contributed by atoms with van der Waals surface area (Å²) < 4.78 is 0. The first kappa shape index (κ1) is 19.1. The molecule has 6 nitrogen and oxygen atoms in total. The third-order valence-electron chi connectivity index (χ3n) is 3.88. The second-order valence-corrected chi connectivity index (χ2v) is 7.33. The van der Waals surface area contributed by atoms with Gasteiger partial charge in [0, 0.05) is 28.6 Å². The van der Waals surface area contributed by atoms with Crippen molar-refractivity contribution in [2.24, 2.45) is 5.73 Å². The van der Waals surface area contributed by atoms with Crippen LogP contribution in [0, 0.1) is 0 Å². The van der Waals surface area contributed by atoms with E-state index in [9.17, 15) is 9.59 Å². The number of hydrogen-bond donors (Lipinski definition) is 3. The van der Waals surface area contributed by atoms with Gasteiger partial charge in [0.1, 0.15) is 5.69 Å². The molecule has 2 aromatic rings. The van der Waals surface area contributed by atoms with E-state index in [4.69, 9.17) is 5.73 Å². The van der Waals surface area contributed by atoms with Crippen LogP contribution < -0.4 is 16.4 Å². The van der Waals surface area contributed by atoms with Gasteiger partial charge in [-0.3, -0.25) is 9.59 Å². The number of thiazole rings is 1. The number of anilines is 1. The van der Waals surface area contributed by atoms with Crippen molar-refractivity contribution in [1.29, 1.82) is 0 Å². The number of rotatable bonds is 7. The van der Waals surface area contributed by atoms with Crippen molar-refractivity contribution in [3.8, 4) is 0 Å². The normalized spacial score (nSPS) is 11.2. The number of nitrogens with zero attached hydrogens (tertiary/aromatic N) is 1. The van der Waals surface area contributed by atoms with E-state index in [1.165, 1.54) is 11.3 Å². The van der Waals surface area contributed by atoms with Gasteiger partial charge in [-0.25, -0.2) is 4.98 Å². The van der Waals surface area contributed by atoms with Crippen LogP contribution in [-0.2, 0) is 6.42 Å². The van der Waals surface area contributed by atoms with E-state index in [-0.39, 0.29) is 17.4 Å². The number of aromatic nitrogens is 1. The maximum absolute atomic E-state index is 12.2. The summed E-state index contributed by atoms with van der Waals surface area (Å²) in [5.41, 5.74) is 6.78. The number of benzene rings is 1. The predicted octanol–water partition coefficient (Wildman–Crippen LogP) is 2.82. The Morgan fingerprint density at radius 3 is 2.48 bits per heavy atom. The average Bonchev–Trinajstić information content (AvgIpc) is 3.04. The zero-order valence-corrected chi connectivity index (χ0v) is 15.6. The molecule has 2 amide bonds. The summed E-state index contributed by atoms with van der Waals surface area (Å²) in [6, 6.07) is 6.80. The first-order valence-electron chi connectivity index (χ1n) is 8.23. The van der Waals surface area contributed by atoms with Crippen LogP contribution in [0.1, 0.15) is 53.0 Å². The lowest BCUT2D eigenvalue weighted by Crippen LogP contribution is -2.42. The number of carbonyl (C=O) groups is 2. The smallest absolute Gasteiger partial charge is 0.275 e. The lowest BCUT2D eigenvalue weighted by Gasteiger charge is -2.24. The van der Waals surface area contributed by atoms with Crippen LogP contribution in [0.2, 0.25) is 0 Å². The van der Waals surface area contributed by atoms with Gasteiger partial charge in [-0.2, -0.15) is 0 Å². The zero-order valence-electron chi connectivity index (χ0n) is 14.8. The van der Waals surface area contributed by atoms with Crippen molar-refractivity contribution in [1.82, 2.24) is 10.3 Å². The largest absolute Gasteiger partial charge is 0.347 e. The fourth-order valence-electron chi connectivity index (χ4n) is 2.02. The molecule has 1 heterocycles. The average molecular weight is 360 g/mol. The van der Waals surface area contributed by atoms with Crippen LogP contribution in [0.3, 0.4) is 0 Å². The molecule has 1 aromatic heterocycles. The van der Waals surface area contributed by atoms with Crippen molar-refractivity contribution in [3.63, 3.8) is 0 Å². The molecule has 0 radical (unpaired) electrons. The SMILES string of the molecule is CCC(C)(C)NC(=O)c1ccc(NC(=O)c2csc(CCN)n2)cc1. The Labute approximate surface area is 151 Å². The van der Waals surface area contributed by atoms with Crippen molar-refractivity contribution in [3.05, 3.63) is 45.9 Å². The molecule has 1 aromatic carbocycles. The van der Waals surface area contributed by atoms with E-state index in [0.717, 1.165) is 11.4 Å². The third-order valence-corrected chi connectivity index (χ3v) is 4.79. The van der Waals surface area contributed by atoms with E-state index < -0.39 is 0 Å². The molecule has 0 fully saturated rings. The zero-order chi connectivity index (χ0) is 18.4. The van der Waals surface area contributed by atoms with Gasteiger partial charge in [-0.15, -0.1) is 11.3 Å². The third kappa shape index (κ3) is 5.37. The quantitative estimate of drug-likeness (QED) is 0.707. The molecule has 0 aliphatic carbocycles. The van der Waals surface area contributed by atoms with Gasteiger partial charge < -0.3 is 16.4 Å². The van der Waals surface area contributed by atoms with E-state index in [1.54, 1.807) is 29.6 Å². The fraction of sp³-hybridized carbons (Fsp3) is 0.389. The van der Waals surface area contributed by atoms with Gasteiger partial charge in [0.2, 0.25) is 0 Å². The number of carbonyl (C=O) groups excluding carboxylic acids is 2. The van der Waals surface area contributed by atoms with E-state index in [0.29, 0.717) is 29.9 Å². The Kier molecular flexibility index (Phi) is 6.27. The summed E-state index contributed by atoms with van der Waals surface area (Å²) in [5.74, 6) is -0.403. The van der Waals surface area contributed by atoms with E-state index in [1.807, 2.05) is 20.8 Å². The van der Waals surface area contributed by atoms with Crippen molar-refractivity contribution >= 4 is 28.8 Å². The number of nitrogens with one attached hydrogen (secondary N) is 2. The molecule has 0 aliphatic heterocycles. The van der Waals surface area contributed by atoms with Crippen molar-refractivity contribution < 1.29 is 9.59 Å². The Hall–Kier alpha value is -2.25. The summed E-state index contributed by atoms with van der Waals surface area (Å²) in [4.78, 5) is 28.7. The molecule has 25 heavy (non-hydrogen) atoms. The van der Waals surface area contributed by atoms with Gasteiger partial charge >= 0.3 is 0 Å². The summed E-state index contributed by atoms with van der Waals surface area (Å²) in [5, 5.41) is 8.32. The molecular weight excluding hydrogens is 336 g/mol. The van der Waals surface area contributed by atoms with Crippen LogP contribution in [0.4, 0.5) is 5.69 Å². The highest BCUT2D eigenvalue weighted by molar-refractivity contribution is 7.09. The molecule has 0 atom stereocenters. The van der Waals surface area contributed by atoms with Crippen LogP contribution in [0.15, 0.2) is 29.6 Å². The summed E-state index contributed by atoms with van der Waals surface area (Å²) in [6.45, 7) is 6.49. The number of hydrogen-bond acceptors (Lipinski definition) is 5. The molecule has 0 saturated carbocycles. The van der Waals surface area contributed by atoms with Gasteiger partial charge in [-0.1, -0.05) is 6.92 Å². The van der Waals surface area contributed by atoms with Gasteiger partial charge in [-0.05, 0) is 51.1 Å². The lowest BCUT2D eigenvalue weighted by molar-refractivity contribution is 0.0911. The molecule has 0 saturated heterocycles. The van der Waals surface area contributed by atoms with Gasteiger partial charge in [0.05, 0.1) is 5.01 Å². The number of amides is 2. The van der Waals surface area contributed by atoms with Crippen LogP contribution in [0.5, 0.6) is 0 Å². The maximum atomic E-state index is 12.2. The van der Waals surface area contributed by atoms with Gasteiger partial charge in [0.25, 0.3) is 11.8 Å². The van der Waals surface area contributed by atoms with Crippen LogP contribution in [-0.4, -0.2) is 28.9 Å². The minimum Gasteiger partial charge on any atom is -0.347 e. The van der Waals surface area contributed by atoms with E-state index >= 15 is 0 Å². The van der Waals surface area contributed by atoms with E-state index in [2.05, 4.69) is 15.6 Å². The number of nitrogens with two attached hydrogens (primary N) is 1. The van der Waals surface area contributed by atoms with Crippen molar-refractivity contribution in [2.45, 2.75) is 39.2 Å². The van der Waals surface area contributed by atoms with Gasteiger partial charge in [0.15, 0.2) is 0 Å². The molecule has 0 spiro atoms. The first-order valence-corrected chi connectivity index (χ1v) is 9.11. The molecule has 4 N–H and O–H groups in total. The topological polar surface area (TPSA) is 97.1 Å². The van der Waals surface area contributed by atoms with Crippen LogP contribution >= 0.6 is 11.3 Å². The second-order valence-electron chi connectivity index (χ2n) is 6.39. The standard InChI is InChI=1S/C18H24N4O2S/c1-4-18(2,3)22-16(23)12-5-7-13(8-6-12)20-17(24)14-11-25-15(21-14)9-10-19/h5-8,11H,4,9-10,19H2,1-3H3,(H,20,24)(H,22,23). The molecule has 0 unspecified atom stereocenters. The maximum Gasteiger partial charge on any atom is 0.275 e. The molecular formula is C18H24N4O2S. The van der Waals surface area contributed by atoms with Crippen LogP contribution in [0.25, 0.3) is 0 Å². The minimum atomic E-state index is -0.274. The Balaban J connectivity index is 1.99. The first-order chi connectivity index (χ1) is 11.8. The highest BCUT2D eigenvalue weighted by Crippen LogP contribution is 2.15. The Morgan fingerprint density at radius 1 is 1.20 bits per heavy atom. The molecule has 7 heteroatoms. The lowest BCUT2D eigenvalue weighted by atomic mass is 10.0. The summed E-state index contributed by atoms with van der Waals surface area (Å²) in [7, 11) is 0. The fourth-order valence-corrected chi connectivity index (χ4v) is 2.82. The Morgan fingerprint density at radius 2 is 1.88 bits per heavy atom. The Bertz CT molecular complexity index is 738. The monoisotopic (exact) mass is 360 g/mol. The summed E-state index contributed by atoms with van der Waals surface area (Å²) in [6.07, 6.45) is 1.50. The predicted molar refractivity (Wildman–Crippen MR) is 101 cm³/mol. The molecule has 0 aliphatic rings. The highest BCUT2D eigenvalue weighted by atomic mass is 32.1. The molecule has 134 valence electrons. The minimum absolute atomic E-state index is 0.129. The second kappa shape index (κ2) is 8.22. The highest BCUT2D eigenvalue weighted by Gasteiger charge is 2.19.